The highest BCUT2D eigenvalue weighted by molar-refractivity contribution is 5.84. The molecule has 0 fully saturated rings. The molecule has 0 aliphatic heterocycles. The number of amides is 1. The van der Waals surface area contributed by atoms with Gasteiger partial charge in [-0.2, -0.15) is 0 Å². The highest BCUT2D eigenvalue weighted by Crippen LogP contribution is 2.14. The monoisotopic (exact) mass is 226 g/mol. The number of carbonyl (C=O) groups is 2. The van der Waals surface area contributed by atoms with E-state index in [1.807, 2.05) is 0 Å². The Morgan fingerprint density at radius 2 is 2.19 bits per heavy atom. The van der Waals surface area contributed by atoms with Crippen molar-refractivity contribution in [2.24, 2.45) is 0 Å². The molecular weight excluding hydrogens is 212 g/mol. The molecule has 1 heterocycles. The predicted molar refractivity (Wildman–Crippen MR) is 56.2 cm³/mol. The summed E-state index contributed by atoms with van der Waals surface area (Å²) in [5, 5.41) is 14.0. The second kappa shape index (κ2) is 5.32. The lowest BCUT2D eigenvalue weighted by Crippen LogP contribution is -2.31. The summed E-state index contributed by atoms with van der Waals surface area (Å²) in [4.78, 5) is 21.5. The van der Waals surface area contributed by atoms with Crippen LogP contribution in [0.4, 0.5) is 0 Å². The number of hydrogen-bond donors (Lipinski definition) is 3. The Morgan fingerprint density at radius 1 is 1.50 bits per heavy atom. The first-order valence-corrected chi connectivity index (χ1v) is 4.78. The van der Waals surface area contributed by atoms with Crippen LogP contribution in [0.2, 0.25) is 0 Å². The molecule has 0 bridgehead atoms. The lowest BCUT2D eigenvalue weighted by molar-refractivity contribution is -0.119. The number of aromatic carboxylic acids is 1. The average Bonchev–Trinajstić information content (AvgIpc) is 2.60. The zero-order valence-corrected chi connectivity index (χ0v) is 9.16. The van der Waals surface area contributed by atoms with Gasteiger partial charge in [-0.05, 0) is 13.0 Å². The molecule has 1 aromatic heterocycles. The molecule has 0 saturated heterocycles. The summed E-state index contributed by atoms with van der Waals surface area (Å²) < 4.78 is 5.02. The van der Waals surface area contributed by atoms with Crippen molar-refractivity contribution in [3.63, 3.8) is 0 Å². The van der Waals surface area contributed by atoms with Gasteiger partial charge >= 0.3 is 5.97 Å². The van der Waals surface area contributed by atoms with Gasteiger partial charge < -0.3 is 20.2 Å². The van der Waals surface area contributed by atoms with E-state index >= 15 is 0 Å². The summed E-state index contributed by atoms with van der Waals surface area (Å²) in [6, 6.07) is 1.45. The Bertz CT molecular complexity index is 398. The van der Waals surface area contributed by atoms with E-state index in [0.717, 1.165) is 5.56 Å². The lowest BCUT2D eigenvalue weighted by Gasteiger charge is -2.01. The largest absolute Gasteiger partial charge is 0.475 e. The molecule has 0 atom stereocenters. The molecule has 0 aliphatic carbocycles. The molecule has 6 heteroatoms. The molecule has 0 spiro atoms. The van der Waals surface area contributed by atoms with Gasteiger partial charge in [0, 0.05) is 19.2 Å². The highest BCUT2D eigenvalue weighted by atomic mass is 16.4. The summed E-state index contributed by atoms with van der Waals surface area (Å²) in [6.45, 7) is 2.27. The van der Waals surface area contributed by atoms with Gasteiger partial charge in [0.25, 0.3) is 0 Å². The Labute approximate surface area is 92.6 Å². The first kappa shape index (κ1) is 12.3. The summed E-state index contributed by atoms with van der Waals surface area (Å²) in [5.41, 5.74) is 0.737. The van der Waals surface area contributed by atoms with Crippen LogP contribution in [0.15, 0.2) is 10.5 Å². The predicted octanol–water partition coefficient (Wildman–Crippen LogP) is 0.122. The van der Waals surface area contributed by atoms with Crippen molar-refractivity contribution in [1.82, 2.24) is 10.6 Å². The maximum Gasteiger partial charge on any atom is 0.371 e. The summed E-state index contributed by atoms with van der Waals surface area (Å²) in [6.07, 6.45) is 0. The topological polar surface area (TPSA) is 91.6 Å². The molecule has 6 nitrogen and oxygen atoms in total. The molecule has 0 unspecified atom stereocenters. The Kier molecular flexibility index (Phi) is 4.07. The molecule has 0 aliphatic rings. The highest BCUT2D eigenvalue weighted by Gasteiger charge is 2.12. The molecule has 0 radical (unpaired) electrons. The molecule has 1 amide bonds. The molecule has 1 rings (SSSR count). The number of carbonyl (C=O) groups excluding carboxylic acids is 1. The first-order chi connectivity index (χ1) is 7.54. The van der Waals surface area contributed by atoms with Crippen LogP contribution >= 0.6 is 0 Å². The number of carboxylic acids is 1. The number of nitrogens with one attached hydrogen (secondary N) is 2. The Hall–Kier alpha value is -1.82. The van der Waals surface area contributed by atoms with E-state index in [2.05, 4.69) is 10.6 Å². The summed E-state index contributed by atoms with van der Waals surface area (Å²) in [7, 11) is 1.55. The molecule has 0 saturated carbocycles. The number of furan rings is 1. The van der Waals surface area contributed by atoms with Crippen molar-refractivity contribution >= 4 is 11.9 Å². The van der Waals surface area contributed by atoms with Crippen LogP contribution in [0.5, 0.6) is 0 Å². The molecule has 1 aromatic rings. The first-order valence-electron chi connectivity index (χ1n) is 4.78. The van der Waals surface area contributed by atoms with E-state index in [-0.39, 0.29) is 18.2 Å². The Balaban J connectivity index is 2.54. The lowest BCUT2D eigenvalue weighted by atomic mass is 10.2. The van der Waals surface area contributed by atoms with Crippen molar-refractivity contribution in [2.75, 3.05) is 13.6 Å². The molecular formula is C10H14N2O4. The van der Waals surface area contributed by atoms with Gasteiger partial charge in [0.1, 0.15) is 5.76 Å². The van der Waals surface area contributed by atoms with Crippen LogP contribution in [-0.4, -0.2) is 30.6 Å². The van der Waals surface area contributed by atoms with E-state index in [1.165, 1.54) is 6.07 Å². The fraction of sp³-hybridized carbons (Fsp3) is 0.400. The Morgan fingerprint density at radius 3 is 2.69 bits per heavy atom. The van der Waals surface area contributed by atoms with Gasteiger partial charge in [-0.3, -0.25) is 4.79 Å². The van der Waals surface area contributed by atoms with Crippen LogP contribution in [0.25, 0.3) is 0 Å². The van der Waals surface area contributed by atoms with Crippen LogP contribution < -0.4 is 10.6 Å². The van der Waals surface area contributed by atoms with Gasteiger partial charge in [-0.1, -0.05) is 0 Å². The van der Waals surface area contributed by atoms with Crippen molar-refractivity contribution in [3.05, 3.63) is 23.2 Å². The van der Waals surface area contributed by atoms with Gasteiger partial charge in [0.2, 0.25) is 11.7 Å². The third kappa shape index (κ3) is 3.09. The minimum absolute atomic E-state index is 0.0887. The van der Waals surface area contributed by atoms with Crippen molar-refractivity contribution in [2.45, 2.75) is 13.5 Å². The number of likely N-dealkylation sites (N-methyl/N-ethyl adjacent to an activating group) is 1. The zero-order valence-electron chi connectivity index (χ0n) is 9.16. The zero-order chi connectivity index (χ0) is 12.1. The fourth-order valence-electron chi connectivity index (χ4n) is 1.20. The normalized spacial score (nSPS) is 10.1. The van der Waals surface area contributed by atoms with E-state index in [1.54, 1.807) is 14.0 Å². The quantitative estimate of drug-likeness (QED) is 0.663. The minimum atomic E-state index is -1.10. The average molecular weight is 226 g/mol. The summed E-state index contributed by atoms with van der Waals surface area (Å²) >= 11 is 0. The van der Waals surface area contributed by atoms with Crippen LogP contribution in [-0.2, 0) is 11.3 Å². The summed E-state index contributed by atoms with van der Waals surface area (Å²) in [5.74, 6) is -0.767. The molecule has 88 valence electrons. The maximum absolute atomic E-state index is 10.9. The standard InChI is InChI=1S/C10H14N2O4/c1-6-7(3-8(16-6)10(14)15)4-12-5-9(13)11-2/h3,12H,4-5H2,1-2H3,(H,11,13)(H,14,15). The second-order valence-electron chi connectivity index (χ2n) is 3.27. The van der Waals surface area contributed by atoms with E-state index in [9.17, 15) is 9.59 Å². The van der Waals surface area contributed by atoms with Crippen LogP contribution in [0.1, 0.15) is 21.9 Å². The van der Waals surface area contributed by atoms with Gasteiger partial charge in [-0.15, -0.1) is 0 Å². The number of rotatable bonds is 5. The molecule has 3 N–H and O–H groups in total. The van der Waals surface area contributed by atoms with Crippen molar-refractivity contribution in [3.8, 4) is 0 Å². The van der Waals surface area contributed by atoms with E-state index < -0.39 is 5.97 Å². The third-order valence-electron chi connectivity index (χ3n) is 2.11. The SMILES string of the molecule is CNC(=O)CNCc1cc(C(=O)O)oc1C. The van der Waals surface area contributed by atoms with Gasteiger partial charge in [0.05, 0.1) is 6.54 Å². The van der Waals surface area contributed by atoms with E-state index in [0.29, 0.717) is 12.3 Å². The van der Waals surface area contributed by atoms with Crippen molar-refractivity contribution < 1.29 is 19.1 Å². The van der Waals surface area contributed by atoms with Gasteiger partial charge in [-0.25, -0.2) is 4.79 Å². The van der Waals surface area contributed by atoms with Crippen LogP contribution in [0, 0.1) is 6.92 Å². The molecule has 0 aromatic carbocycles. The minimum Gasteiger partial charge on any atom is -0.475 e. The van der Waals surface area contributed by atoms with Crippen LogP contribution in [0.3, 0.4) is 0 Å². The molecule has 16 heavy (non-hydrogen) atoms. The second-order valence-corrected chi connectivity index (χ2v) is 3.27. The number of aryl methyl sites for hydroxylation is 1. The number of hydrogen-bond acceptors (Lipinski definition) is 4. The van der Waals surface area contributed by atoms with E-state index in [4.69, 9.17) is 9.52 Å². The maximum atomic E-state index is 10.9. The number of carboxylic acid groups (broad SMARTS) is 1. The fourth-order valence-corrected chi connectivity index (χ4v) is 1.20. The van der Waals surface area contributed by atoms with Crippen molar-refractivity contribution in [1.29, 1.82) is 0 Å². The smallest absolute Gasteiger partial charge is 0.371 e. The van der Waals surface area contributed by atoms with Gasteiger partial charge in [0.15, 0.2) is 0 Å². The third-order valence-corrected chi connectivity index (χ3v) is 2.11.